The molecule has 172 valence electrons. The van der Waals surface area contributed by atoms with Crippen molar-refractivity contribution in [2.75, 3.05) is 11.4 Å². The normalized spacial score (nSPS) is 15.7. The zero-order chi connectivity index (χ0) is 23.8. The molecule has 0 N–H and O–H groups in total. The van der Waals surface area contributed by atoms with Crippen LogP contribution in [0.15, 0.2) is 76.1 Å². The molecule has 1 atom stereocenters. The van der Waals surface area contributed by atoms with Gasteiger partial charge in [0.05, 0.1) is 11.4 Å². The predicted molar refractivity (Wildman–Crippen MR) is 135 cm³/mol. The van der Waals surface area contributed by atoms with Crippen LogP contribution in [-0.4, -0.2) is 31.2 Å². The summed E-state index contributed by atoms with van der Waals surface area (Å²) in [6, 6.07) is 19.4. The van der Waals surface area contributed by atoms with Gasteiger partial charge in [-0.15, -0.1) is 0 Å². The molecular formula is C25H24BrClN2O3S. The van der Waals surface area contributed by atoms with Gasteiger partial charge < -0.3 is 4.90 Å². The third kappa shape index (κ3) is 5.17. The first-order valence-corrected chi connectivity index (χ1v) is 13.2. The standard InChI is InChI=1S/C25H24BrClN2O3S/c1-17-3-10-23(11-4-17)33(31,32)28(15-19-5-8-22(27)9-6-19)16-25(30)29-18(2)13-20-14-21(26)7-12-24(20)29/h3-12,14,18H,13,15-16H2,1-2H3/t18-/m1/s1. The molecule has 0 unspecified atom stereocenters. The van der Waals surface area contributed by atoms with Gasteiger partial charge in [0.2, 0.25) is 15.9 Å². The van der Waals surface area contributed by atoms with E-state index in [-0.39, 0.29) is 29.9 Å². The van der Waals surface area contributed by atoms with E-state index in [1.165, 1.54) is 4.31 Å². The second-order valence-corrected chi connectivity index (χ2v) is 11.6. The molecule has 0 saturated heterocycles. The molecular weight excluding hydrogens is 524 g/mol. The van der Waals surface area contributed by atoms with Crippen LogP contribution < -0.4 is 4.90 Å². The van der Waals surface area contributed by atoms with Gasteiger partial charge in [-0.05, 0) is 73.9 Å². The second-order valence-electron chi connectivity index (χ2n) is 8.30. The average molecular weight is 548 g/mol. The number of benzene rings is 3. The molecule has 0 aromatic heterocycles. The van der Waals surface area contributed by atoms with Crippen LogP contribution in [0.25, 0.3) is 0 Å². The first-order chi connectivity index (χ1) is 15.6. The van der Waals surface area contributed by atoms with Crippen LogP contribution in [0.4, 0.5) is 5.69 Å². The maximum absolute atomic E-state index is 13.6. The fourth-order valence-electron chi connectivity index (χ4n) is 4.09. The van der Waals surface area contributed by atoms with Gasteiger partial charge in [0.1, 0.15) is 0 Å². The van der Waals surface area contributed by atoms with E-state index in [2.05, 4.69) is 15.9 Å². The minimum absolute atomic E-state index is 0.0544. The van der Waals surface area contributed by atoms with Crippen molar-refractivity contribution in [3.63, 3.8) is 0 Å². The first kappa shape index (κ1) is 24.0. The monoisotopic (exact) mass is 546 g/mol. The fraction of sp³-hybridized carbons (Fsp3) is 0.240. The molecule has 5 nitrogen and oxygen atoms in total. The van der Waals surface area contributed by atoms with Crippen LogP contribution in [-0.2, 0) is 27.8 Å². The number of sulfonamides is 1. The van der Waals surface area contributed by atoms with Gasteiger partial charge in [-0.1, -0.05) is 57.4 Å². The number of amides is 1. The molecule has 33 heavy (non-hydrogen) atoms. The molecule has 3 aromatic carbocycles. The van der Waals surface area contributed by atoms with Gasteiger partial charge >= 0.3 is 0 Å². The molecule has 0 saturated carbocycles. The Bertz CT molecular complexity index is 1280. The lowest BCUT2D eigenvalue weighted by Gasteiger charge is -2.27. The van der Waals surface area contributed by atoms with Gasteiger partial charge in [0.25, 0.3) is 0 Å². The zero-order valence-electron chi connectivity index (χ0n) is 18.3. The van der Waals surface area contributed by atoms with Gasteiger partial charge in [0.15, 0.2) is 0 Å². The number of halogens is 2. The third-order valence-corrected chi connectivity index (χ3v) is 8.32. The molecule has 1 heterocycles. The highest BCUT2D eigenvalue weighted by molar-refractivity contribution is 9.10. The molecule has 0 spiro atoms. The number of hydrogen-bond acceptors (Lipinski definition) is 3. The molecule has 1 aliphatic rings. The van der Waals surface area contributed by atoms with Crippen molar-refractivity contribution >= 4 is 49.1 Å². The van der Waals surface area contributed by atoms with Gasteiger partial charge in [-0.3, -0.25) is 4.79 Å². The maximum atomic E-state index is 13.6. The second kappa shape index (κ2) is 9.58. The number of rotatable bonds is 6. The van der Waals surface area contributed by atoms with Crippen molar-refractivity contribution in [3.05, 3.63) is 92.9 Å². The largest absolute Gasteiger partial charge is 0.308 e. The number of carbonyl (C=O) groups is 1. The maximum Gasteiger partial charge on any atom is 0.243 e. The van der Waals surface area contributed by atoms with E-state index in [0.717, 1.165) is 33.3 Å². The minimum atomic E-state index is -3.91. The number of carbonyl (C=O) groups excluding carboxylic acids is 1. The van der Waals surface area contributed by atoms with Crippen LogP contribution >= 0.6 is 27.5 Å². The van der Waals surface area contributed by atoms with Crippen LogP contribution in [0, 0.1) is 6.92 Å². The molecule has 4 rings (SSSR count). The SMILES string of the molecule is Cc1ccc(S(=O)(=O)N(CC(=O)N2c3ccc(Br)cc3C[C@H]2C)Cc2ccc(Cl)cc2)cc1. The average Bonchev–Trinajstić information content (AvgIpc) is 3.09. The highest BCUT2D eigenvalue weighted by atomic mass is 79.9. The van der Waals surface area contributed by atoms with Crippen molar-refractivity contribution in [3.8, 4) is 0 Å². The molecule has 1 aliphatic heterocycles. The van der Waals surface area contributed by atoms with Crippen LogP contribution in [0.3, 0.4) is 0 Å². The number of hydrogen-bond donors (Lipinski definition) is 0. The lowest BCUT2D eigenvalue weighted by atomic mass is 10.1. The summed E-state index contributed by atoms with van der Waals surface area (Å²) in [7, 11) is -3.91. The lowest BCUT2D eigenvalue weighted by Crippen LogP contribution is -2.44. The van der Waals surface area contributed by atoms with Gasteiger partial charge in [-0.25, -0.2) is 8.42 Å². The van der Waals surface area contributed by atoms with E-state index >= 15 is 0 Å². The topological polar surface area (TPSA) is 57.7 Å². The van der Waals surface area contributed by atoms with Crippen LogP contribution in [0.1, 0.15) is 23.6 Å². The zero-order valence-corrected chi connectivity index (χ0v) is 21.5. The van der Waals surface area contributed by atoms with E-state index in [9.17, 15) is 13.2 Å². The van der Waals surface area contributed by atoms with E-state index < -0.39 is 10.0 Å². The lowest BCUT2D eigenvalue weighted by molar-refractivity contribution is -0.119. The summed E-state index contributed by atoms with van der Waals surface area (Å²) < 4.78 is 29.3. The fourth-order valence-corrected chi connectivity index (χ4v) is 6.00. The Hall–Kier alpha value is -2.19. The summed E-state index contributed by atoms with van der Waals surface area (Å²) in [6.07, 6.45) is 0.725. The Kier molecular flexibility index (Phi) is 6.96. The van der Waals surface area contributed by atoms with Gasteiger partial charge in [0, 0.05) is 27.8 Å². The molecule has 0 fully saturated rings. The van der Waals surface area contributed by atoms with Crippen molar-refractivity contribution in [2.24, 2.45) is 0 Å². The molecule has 1 amide bonds. The summed E-state index contributed by atoms with van der Waals surface area (Å²) in [5.41, 5.74) is 3.61. The molecule has 0 bridgehead atoms. The molecule has 0 radical (unpaired) electrons. The summed E-state index contributed by atoms with van der Waals surface area (Å²) in [6.45, 7) is 3.67. The Balaban J connectivity index is 1.67. The minimum Gasteiger partial charge on any atom is -0.308 e. The number of anilines is 1. The number of aryl methyl sites for hydroxylation is 1. The highest BCUT2D eigenvalue weighted by Crippen LogP contribution is 2.34. The number of fused-ring (bicyclic) bond motifs is 1. The summed E-state index contributed by atoms with van der Waals surface area (Å²) in [4.78, 5) is 15.3. The first-order valence-electron chi connectivity index (χ1n) is 10.6. The third-order valence-electron chi connectivity index (χ3n) is 5.77. The Morgan fingerprint density at radius 1 is 1.09 bits per heavy atom. The van der Waals surface area contributed by atoms with Crippen molar-refractivity contribution in [1.82, 2.24) is 4.31 Å². The smallest absolute Gasteiger partial charge is 0.243 e. The Morgan fingerprint density at radius 3 is 2.42 bits per heavy atom. The summed E-state index contributed by atoms with van der Waals surface area (Å²) >= 11 is 9.48. The summed E-state index contributed by atoms with van der Waals surface area (Å²) in [5, 5.41) is 0.566. The molecule has 8 heteroatoms. The van der Waals surface area contributed by atoms with Crippen molar-refractivity contribution in [1.29, 1.82) is 0 Å². The van der Waals surface area contributed by atoms with Crippen LogP contribution in [0.5, 0.6) is 0 Å². The molecule has 3 aromatic rings. The van der Waals surface area contributed by atoms with E-state index in [1.54, 1.807) is 53.4 Å². The van der Waals surface area contributed by atoms with E-state index in [0.29, 0.717) is 5.02 Å². The van der Waals surface area contributed by atoms with Crippen LogP contribution in [0.2, 0.25) is 5.02 Å². The molecule has 0 aliphatic carbocycles. The van der Waals surface area contributed by atoms with E-state index in [4.69, 9.17) is 11.6 Å². The quantitative estimate of drug-likeness (QED) is 0.405. The summed E-state index contributed by atoms with van der Waals surface area (Å²) in [5.74, 6) is -0.256. The Labute approximate surface area is 208 Å². The van der Waals surface area contributed by atoms with Crippen molar-refractivity contribution in [2.45, 2.75) is 37.8 Å². The number of nitrogens with zero attached hydrogens (tertiary/aromatic N) is 2. The Morgan fingerprint density at radius 2 is 1.76 bits per heavy atom. The van der Waals surface area contributed by atoms with Gasteiger partial charge in [-0.2, -0.15) is 4.31 Å². The van der Waals surface area contributed by atoms with Crippen molar-refractivity contribution < 1.29 is 13.2 Å². The predicted octanol–water partition coefficient (Wildman–Crippen LogP) is 5.58. The highest BCUT2D eigenvalue weighted by Gasteiger charge is 2.34. The van der Waals surface area contributed by atoms with E-state index in [1.807, 2.05) is 32.0 Å².